The molecule has 2 aliphatic carbocycles. The van der Waals surface area contributed by atoms with Crippen molar-refractivity contribution in [3.8, 4) is 17.2 Å². The van der Waals surface area contributed by atoms with Crippen LogP contribution in [0.3, 0.4) is 0 Å². The lowest BCUT2D eigenvalue weighted by atomic mass is 9.72. The Bertz CT molecular complexity index is 3120. The van der Waals surface area contributed by atoms with Crippen molar-refractivity contribution in [2.24, 2.45) is 23.5 Å². The number of fused-ring (bicyclic) bond motifs is 3. The number of Topliss-reactive ketones (excluding diaryl/α,β-unsaturated/α-hetero) is 2. The monoisotopic (exact) mass is 1220 g/mol. The number of nitrogens with two attached hydrogens (primary N) is 1. The Hall–Kier alpha value is -8.47. The van der Waals surface area contributed by atoms with Crippen LogP contribution in [0.2, 0.25) is 0 Å². The molecule has 2 aliphatic heterocycles. The first kappa shape index (κ1) is 67.7. The van der Waals surface area contributed by atoms with Gasteiger partial charge in [-0.05, 0) is 45.1 Å². The highest BCUT2D eigenvalue weighted by atomic mass is 16.7. The van der Waals surface area contributed by atoms with E-state index in [9.17, 15) is 87.9 Å². The number of nitrogens with one attached hydrogen (secondary N) is 5. The Morgan fingerprint density at radius 3 is 2.06 bits per heavy atom. The van der Waals surface area contributed by atoms with Gasteiger partial charge in [0.05, 0.1) is 54.9 Å². The molecule has 0 spiro atoms. The minimum Gasteiger partial charge on any atom is -0.507 e. The quantitative estimate of drug-likeness (QED) is 0.0245. The zero-order valence-electron chi connectivity index (χ0n) is 49.2. The van der Waals surface area contributed by atoms with Gasteiger partial charge in [-0.3, -0.25) is 67.2 Å². The molecule has 1 fully saturated rings. The van der Waals surface area contributed by atoms with Crippen LogP contribution in [0.4, 0.5) is 0 Å². The number of hydrogen-bond donors (Lipinski definition) is 11. The Kier molecular flexibility index (Phi) is 22.4. The molecule has 1 saturated heterocycles. The molecule has 0 aromatic heterocycles. The van der Waals surface area contributed by atoms with Gasteiger partial charge in [0.25, 0.3) is 11.8 Å². The summed E-state index contributed by atoms with van der Waals surface area (Å²) in [6.45, 7) is 8.44. The highest BCUT2D eigenvalue weighted by Crippen LogP contribution is 2.52. The summed E-state index contributed by atoms with van der Waals surface area (Å²) in [5, 5.41) is 67.6. The average Bonchev–Trinajstić information content (AvgIpc) is 0.975. The minimum atomic E-state index is -2.44. The molecular formula is C59H75N7O21. The Labute approximate surface area is 499 Å². The molecule has 0 saturated carbocycles. The molecule has 4 aliphatic rings. The van der Waals surface area contributed by atoms with Crippen LogP contribution >= 0.6 is 0 Å². The number of ether oxygens (including phenoxy) is 3. The first-order valence-electron chi connectivity index (χ1n) is 28.5. The number of carbonyl (C=O) groups excluding carboxylic acids is 12. The van der Waals surface area contributed by atoms with E-state index in [-0.39, 0.29) is 66.1 Å². The van der Waals surface area contributed by atoms with Crippen LogP contribution < -0.4 is 37.1 Å². The SMILES string of the molecule is COc1cccc2c1C(=O)c1c(O)c3c(c(O)c1C2=O)C[C@@](O)(C(=O)CO)C[C@@H]3O[C@H]1C[C@H](NC(=O)C(CC(C)C)NC(=O)[C@@H](CC(N)=O)NC(=O)[C@@H](C)NC(=O)[C@@H](C)CC(=O)C(CC(=O)O)NC(=O)CCCCCN2C(=O)C=CC2=O)[C@H](C)[C@H](C)O1. The third-order valence-corrected chi connectivity index (χ3v) is 15.9. The van der Waals surface area contributed by atoms with Gasteiger partial charge in [-0.2, -0.15) is 0 Å². The summed E-state index contributed by atoms with van der Waals surface area (Å²) in [6.07, 6.45) is -3.97. The van der Waals surface area contributed by atoms with E-state index in [1.165, 1.54) is 39.2 Å². The number of carboxylic acid groups (broad SMARTS) is 1. The lowest BCUT2D eigenvalue weighted by molar-refractivity contribution is -0.238. The second-order valence-electron chi connectivity index (χ2n) is 22.9. The number of aliphatic carboxylic acids is 1. The third kappa shape index (κ3) is 15.9. The molecule has 87 heavy (non-hydrogen) atoms. The maximum atomic E-state index is 14.3. The second kappa shape index (κ2) is 28.8. The number of phenols is 2. The van der Waals surface area contributed by atoms with Gasteiger partial charge in [-0.15, -0.1) is 0 Å². The molecular weight excluding hydrogens is 1140 g/mol. The fraction of sp³-hybridized carbons (Fsp3) is 0.542. The summed E-state index contributed by atoms with van der Waals surface area (Å²) >= 11 is 0. The van der Waals surface area contributed by atoms with Gasteiger partial charge in [0, 0.05) is 85.4 Å². The summed E-state index contributed by atoms with van der Waals surface area (Å²) in [7, 11) is 1.27. The lowest BCUT2D eigenvalue weighted by Gasteiger charge is -2.43. The Morgan fingerprint density at radius 1 is 0.782 bits per heavy atom. The predicted molar refractivity (Wildman–Crippen MR) is 301 cm³/mol. The number of benzene rings is 2. The highest BCUT2D eigenvalue weighted by Gasteiger charge is 2.51. The van der Waals surface area contributed by atoms with E-state index < -0.39 is 204 Å². The van der Waals surface area contributed by atoms with E-state index >= 15 is 0 Å². The van der Waals surface area contributed by atoms with Crippen molar-refractivity contribution in [1.82, 2.24) is 31.5 Å². The second-order valence-corrected chi connectivity index (χ2v) is 22.9. The third-order valence-electron chi connectivity index (χ3n) is 15.9. The van der Waals surface area contributed by atoms with Gasteiger partial charge in [0.1, 0.15) is 47.6 Å². The first-order chi connectivity index (χ1) is 40.9. The van der Waals surface area contributed by atoms with E-state index in [2.05, 4.69) is 26.6 Å². The molecule has 0 bridgehead atoms. The Morgan fingerprint density at radius 2 is 1.44 bits per heavy atom. The van der Waals surface area contributed by atoms with Gasteiger partial charge < -0.3 is 72.1 Å². The van der Waals surface area contributed by atoms with Crippen molar-refractivity contribution in [3.05, 3.63) is 63.7 Å². The highest BCUT2D eigenvalue weighted by molar-refractivity contribution is 6.31. The van der Waals surface area contributed by atoms with E-state index in [0.29, 0.717) is 12.8 Å². The summed E-state index contributed by atoms with van der Waals surface area (Å²) in [5.41, 5.74) is 0.958. The van der Waals surface area contributed by atoms with Crippen molar-refractivity contribution in [3.63, 3.8) is 0 Å². The van der Waals surface area contributed by atoms with Crippen molar-refractivity contribution in [2.75, 3.05) is 20.3 Å². The molecule has 2 unspecified atom stereocenters. The maximum absolute atomic E-state index is 14.3. The van der Waals surface area contributed by atoms with E-state index in [4.69, 9.17) is 19.9 Å². The molecule has 12 N–H and O–H groups in total. The van der Waals surface area contributed by atoms with Crippen LogP contribution in [-0.4, -0.2) is 175 Å². The molecule has 2 heterocycles. The number of rotatable bonds is 29. The number of imide groups is 1. The number of methoxy groups -OCH3 is 1. The summed E-state index contributed by atoms with van der Waals surface area (Å²) in [6, 6.07) is -2.59. The lowest BCUT2D eigenvalue weighted by Crippen LogP contribution is -2.59. The number of carboxylic acids is 1. The molecule has 6 rings (SSSR count). The number of unbranched alkanes of at least 4 members (excludes halogenated alkanes) is 2. The van der Waals surface area contributed by atoms with Gasteiger partial charge >= 0.3 is 5.97 Å². The largest absolute Gasteiger partial charge is 0.507 e. The minimum absolute atomic E-state index is 0.00501. The van der Waals surface area contributed by atoms with Crippen molar-refractivity contribution in [2.45, 2.75) is 166 Å². The van der Waals surface area contributed by atoms with Crippen LogP contribution in [-0.2, 0) is 68.6 Å². The van der Waals surface area contributed by atoms with Gasteiger partial charge in [0.2, 0.25) is 41.2 Å². The van der Waals surface area contributed by atoms with Crippen LogP contribution in [0.15, 0.2) is 30.4 Å². The molecule has 0 radical (unpaired) electrons. The van der Waals surface area contributed by atoms with E-state index in [0.717, 1.165) is 17.1 Å². The molecule has 8 amide bonds. The van der Waals surface area contributed by atoms with Crippen molar-refractivity contribution < 1.29 is 102 Å². The number of nitrogens with zero attached hydrogens (tertiary/aromatic N) is 1. The number of primary amides is 1. The van der Waals surface area contributed by atoms with Crippen LogP contribution in [0.1, 0.15) is 155 Å². The number of amides is 8. The first-order valence-corrected chi connectivity index (χ1v) is 28.5. The number of ketones is 4. The van der Waals surface area contributed by atoms with Gasteiger partial charge in [0.15, 0.2) is 23.6 Å². The number of carbonyl (C=O) groups is 13. The fourth-order valence-electron chi connectivity index (χ4n) is 11.0. The number of phenolic OH excluding ortho intramolecular Hbond substituents is 2. The molecule has 472 valence electrons. The molecule has 2 aromatic carbocycles. The van der Waals surface area contributed by atoms with Crippen molar-refractivity contribution in [1.29, 1.82) is 0 Å². The smallest absolute Gasteiger partial charge is 0.305 e. The summed E-state index contributed by atoms with van der Waals surface area (Å²) < 4.78 is 18.0. The summed E-state index contributed by atoms with van der Waals surface area (Å²) in [5.74, 6) is -14.8. The number of aliphatic hydroxyl groups excluding tert-OH is 1. The van der Waals surface area contributed by atoms with E-state index in [1.54, 1.807) is 27.7 Å². The van der Waals surface area contributed by atoms with Gasteiger partial charge in [-0.25, -0.2) is 0 Å². The van der Waals surface area contributed by atoms with Gasteiger partial charge in [-0.1, -0.05) is 46.2 Å². The summed E-state index contributed by atoms with van der Waals surface area (Å²) in [4.78, 5) is 171. The van der Waals surface area contributed by atoms with Crippen LogP contribution in [0.25, 0.3) is 0 Å². The topological polar surface area (TPSA) is 440 Å². The van der Waals surface area contributed by atoms with E-state index in [1.807, 2.05) is 0 Å². The maximum Gasteiger partial charge on any atom is 0.305 e. The molecule has 2 aromatic rings. The molecule has 28 heteroatoms. The Balaban J connectivity index is 1.10. The normalized spacial score (nSPS) is 22.1. The van der Waals surface area contributed by atoms with Crippen LogP contribution in [0.5, 0.6) is 17.2 Å². The predicted octanol–water partition coefficient (Wildman–Crippen LogP) is -0.130. The van der Waals surface area contributed by atoms with Crippen LogP contribution in [0, 0.1) is 17.8 Å². The molecule has 28 nitrogen and oxygen atoms in total. The number of aliphatic hydroxyl groups is 2. The fourth-order valence-corrected chi connectivity index (χ4v) is 11.0. The number of aromatic hydroxyl groups is 2. The van der Waals surface area contributed by atoms with Crippen molar-refractivity contribution >= 4 is 76.4 Å². The average molecular weight is 1220 g/mol. The standard InChI is InChI=1S/C59H75N7O21/c1-26(2)18-35(65-58(83)36(20-41(60)70)64-56(81)29(5)61-55(80)27(3)19-37(68)34(21-45(74)75)62-42(71)14-9-8-10-17-66-43(72)15-16-44(66)73)57(82)63-33-22-46(86-30(6)28(33)4)87-39-24-59(84,40(69)25-67)23-32-48(39)54(79)50-49(52(32)77)51(76)31-12-11-13-38(85-7)47(31)53(50)78/h11-13,15-16,26-30,33-36,39,46,67,77,79,84H,8-10,14,17-25H2,1-7H3,(H2,60,70)(H,61,80)(H,62,71)(H,63,82)(H,64,81)(H,65,83)(H,74,75)/t27-,28+,29+,30-,33-,34?,35?,36+,39-,46-,59-/m0/s1. The molecule has 11 atom stereocenters. The zero-order valence-corrected chi connectivity index (χ0v) is 49.2. The number of hydrogen-bond acceptors (Lipinski definition) is 20. The zero-order chi connectivity index (χ0) is 64.5.